The molecule has 0 aromatic heterocycles. The largest absolute Gasteiger partial charge is 0.376 e. The number of nitrogens with zero attached hydrogens (tertiary/aromatic N) is 2. The minimum atomic E-state index is -0.303. The van der Waals surface area contributed by atoms with Crippen LogP contribution in [-0.2, 0) is 4.74 Å². The second-order valence-corrected chi connectivity index (χ2v) is 5.59. The number of hydrogen-bond acceptors (Lipinski definition) is 4. The summed E-state index contributed by atoms with van der Waals surface area (Å²) in [6, 6.07) is 3.04. The van der Waals surface area contributed by atoms with Gasteiger partial charge in [0.2, 0.25) is 0 Å². The molecule has 2 fully saturated rings. The standard InChI is InChI=1S/C14H25N3O/c1-3-13-10-17(7-8-18-13)12-5-4-6-14(9-12,11-15)16-2/h12-13,16H,3-10H2,1-2H3. The second kappa shape index (κ2) is 6.01. The summed E-state index contributed by atoms with van der Waals surface area (Å²) in [6.07, 6.45) is 5.77. The molecule has 0 aromatic rings. The van der Waals surface area contributed by atoms with Gasteiger partial charge in [-0.1, -0.05) is 6.92 Å². The highest BCUT2D eigenvalue weighted by Crippen LogP contribution is 2.31. The Hall–Kier alpha value is -0.630. The minimum Gasteiger partial charge on any atom is -0.376 e. The number of hydrogen-bond donors (Lipinski definition) is 1. The van der Waals surface area contributed by atoms with Gasteiger partial charge in [-0.15, -0.1) is 0 Å². The molecule has 0 amide bonds. The lowest BCUT2D eigenvalue weighted by Crippen LogP contribution is -2.55. The van der Waals surface area contributed by atoms with Crippen LogP contribution in [0.3, 0.4) is 0 Å². The van der Waals surface area contributed by atoms with Crippen molar-refractivity contribution in [3.63, 3.8) is 0 Å². The van der Waals surface area contributed by atoms with Crippen LogP contribution >= 0.6 is 0 Å². The Balaban J connectivity index is 1.98. The average Bonchev–Trinajstić information content (AvgIpc) is 2.47. The van der Waals surface area contributed by atoms with E-state index in [1.807, 2.05) is 7.05 Å². The van der Waals surface area contributed by atoms with E-state index < -0.39 is 0 Å². The summed E-state index contributed by atoms with van der Waals surface area (Å²) in [5.41, 5.74) is -0.303. The van der Waals surface area contributed by atoms with Crippen molar-refractivity contribution in [2.45, 2.75) is 56.7 Å². The molecule has 102 valence electrons. The van der Waals surface area contributed by atoms with Gasteiger partial charge in [0, 0.05) is 19.1 Å². The fraction of sp³-hybridized carbons (Fsp3) is 0.929. The lowest BCUT2D eigenvalue weighted by Gasteiger charge is -2.44. The van der Waals surface area contributed by atoms with Gasteiger partial charge in [0.05, 0.1) is 18.8 Å². The summed E-state index contributed by atoms with van der Waals surface area (Å²) in [5.74, 6) is 0. The predicted octanol–water partition coefficient (Wildman–Crippen LogP) is 1.52. The predicted molar refractivity (Wildman–Crippen MR) is 71.3 cm³/mol. The third kappa shape index (κ3) is 2.85. The Morgan fingerprint density at radius 2 is 2.39 bits per heavy atom. The van der Waals surface area contributed by atoms with Crippen molar-refractivity contribution in [2.24, 2.45) is 0 Å². The van der Waals surface area contributed by atoms with E-state index in [0.29, 0.717) is 12.1 Å². The molecule has 2 aliphatic rings. The number of morpholine rings is 1. The molecule has 0 radical (unpaired) electrons. The fourth-order valence-corrected chi connectivity index (χ4v) is 3.26. The molecule has 3 atom stereocenters. The first kappa shape index (κ1) is 13.8. The van der Waals surface area contributed by atoms with E-state index in [4.69, 9.17) is 4.74 Å². The Labute approximate surface area is 110 Å². The lowest BCUT2D eigenvalue weighted by atomic mass is 9.79. The van der Waals surface area contributed by atoms with Gasteiger partial charge >= 0.3 is 0 Å². The number of ether oxygens (including phenoxy) is 1. The van der Waals surface area contributed by atoms with Gasteiger partial charge < -0.3 is 10.1 Å². The van der Waals surface area contributed by atoms with E-state index in [2.05, 4.69) is 23.2 Å². The van der Waals surface area contributed by atoms with Crippen LogP contribution in [0.2, 0.25) is 0 Å². The number of rotatable bonds is 3. The molecular weight excluding hydrogens is 226 g/mol. The molecule has 4 nitrogen and oxygen atoms in total. The highest BCUT2D eigenvalue weighted by atomic mass is 16.5. The summed E-state index contributed by atoms with van der Waals surface area (Å²) >= 11 is 0. The van der Waals surface area contributed by atoms with Crippen molar-refractivity contribution in [1.82, 2.24) is 10.2 Å². The molecule has 18 heavy (non-hydrogen) atoms. The summed E-state index contributed by atoms with van der Waals surface area (Å²) < 4.78 is 5.73. The van der Waals surface area contributed by atoms with E-state index in [1.54, 1.807) is 0 Å². The molecule has 1 aliphatic heterocycles. The highest BCUT2D eigenvalue weighted by molar-refractivity contribution is 5.10. The molecule has 0 aromatic carbocycles. The lowest BCUT2D eigenvalue weighted by molar-refractivity contribution is -0.0527. The van der Waals surface area contributed by atoms with Crippen molar-refractivity contribution in [3.05, 3.63) is 0 Å². The van der Waals surface area contributed by atoms with Crippen LogP contribution in [0.25, 0.3) is 0 Å². The summed E-state index contributed by atoms with van der Waals surface area (Å²) in [7, 11) is 1.92. The van der Waals surface area contributed by atoms with Crippen molar-refractivity contribution in [2.75, 3.05) is 26.7 Å². The summed E-state index contributed by atoms with van der Waals surface area (Å²) in [5, 5.41) is 12.6. The van der Waals surface area contributed by atoms with Gasteiger partial charge in [-0.2, -0.15) is 5.26 Å². The number of nitrogens with one attached hydrogen (secondary N) is 1. The first-order valence-electron chi connectivity index (χ1n) is 7.19. The zero-order chi connectivity index (χ0) is 13.0. The molecule has 3 unspecified atom stereocenters. The van der Waals surface area contributed by atoms with Crippen molar-refractivity contribution < 1.29 is 4.74 Å². The van der Waals surface area contributed by atoms with E-state index in [1.165, 1.54) is 6.42 Å². The Morgan fingerprint density at radius 3 is 3.06 bits per heavy atom. The molecule has 1 aliphatic carbocycles. The van der Waals surface area contributed by atoms with Crippen LogP contribution in [0.5, 0.6) is 0 Å². The Bertz CT molecular complexity index is 315. The fourth-order valence-electron chi connectivity index (χ4n) is 3.26. The smallest absolute Gasteiger partial charge is 0.108 e. The van der Waals surface area contributed by atoms with Gasteiger partial charge in [-0.05, 0) is 39.2 Å². The maximum atomic E-state index is 9.40. The maximum Gasteiger partial charge on any atom is 0.108 e. The van der Waals surface area contributed by atoms with Crippen LogP contribution < -0.4 is 5.32 Å². The Morgan fingerprint density at radius 1 is 1.56 bits per heavy atom. The van der Waals surface area contributed by atoms with Crippen LogP contribution in [0, 0.1) is 11.3 Å². The molecule has 2 rings (SSSR count). The monoisotopic (exact) mass is 251 g/mol. The third-order valence-electron chi connectivity index (χ3n) is 4.56. The SMILES string of the molecule is CCC1CN(C2CCCC(C#N)(NC)C2)CCO1. The molecule has 1 N–H and O–H groups in total. The second-order valence-electron chi connectivity index (χ2n) is 5.59. The van der Waals surface area contributed by atoms with E-state index in [9.17, 15) is 5.26 Å². The van der Waals surface area contributed by atoms with E-state index in [-0.39, 0.29) is 5.54 Å². The average molecular weight is 251 g/mol. The third-order valence-corrected chi connectivity index (χ3v) is 4.56. The first-order valence-corrected chi connectivity index (χ1v) is 7.19. The van der Waals surface area contributed by atoms with Crippen LogP contribution in [-0.4, -0.2) is 49.3 Å². The molecule has 4 heteroatoms. The molecule has 0 spiro atoms. The first-order chi connectivity index (χ1) is 8.73. The molecule has 1 heterocycles. The minimum absolute atomic E-state index is 0.303. The van der Waals surface area contributed by atoms with E-state index >= 15 is 0 Å². The molecule has 1 saturated heterocycles. The van der Waals surface area contributed by atoms with Gasteiger partial charge in [0.25, 0.3) is 0 Å². The van der Waals surface area contributed by atoms with Crippen LogP contribution in [0.1, 0.15) is 39.0 Å². The zero-order valence-corrected chi connectivity index (χ0v) is 11.6. The molecule has 0 bridgehead atoms. The van der Waals surface area contributed by atoms with Gasteiger partial charge in [-0.3, -0.25) is 4.90 Å². The van der Waals surface area contributed by atoms with Crippen LogP contribution in [0.15, 0.2) is 0 Å². The normalized spacial score (nSPS) is 38.3. The molecule has 1 saturated carbocycles. The zero-order valence-electron chi connectivity index (χ0n) is 11.6. The van der Waals surface area contributed by atoms with Crippen molar-refractivity contribution in [1.29, 1.82) is 5.26 Å². The molecular formula is C14H25N3O. The Kier molecular flexibility index (Phi) is 4.60. The summed E-state index contributed by atoms with van der Waals surface area (Å²) in [4.78, 5) is 2.54. The van der Waals surface area contributed by atoms with Crippen molar-refractivity contribution >= 4 is 0 Å². The van der Waals surface area contributed by atoms with E-state index in [0.717, 1.165) is 45.4 Å². The summed E-state index contributed by atoms with van der Waals surface area (Å²) in [6.45, 7) is 5.08. The quantitative estimate of drug-likeness (QED) is 0.826. The number of nitriles is 1. The highest BCUT2D eigenvalue weighted by Gasteiger charge is 2.38. The van der Waals surface area contributed by atoms with Crippen molar-refractivity contribution in [3.8, 4) is 6.07 Å². The van der Waals surface area contributed by atoms with Gasteiger partial charge in [0.15, 0.2) is 0 Å². The van der Waals surface area contributed by atoms with Gasteiger partial charge in [0.1, 0.15) is 5.54 Å². The maximum absolute atomic E-state index is 9.40. The topological polar surface area (TPSA) is 48.3 Å². The van der Waals surface area contributed by atoms with Crippen LogP contribution in [0.4, 0.5) is 0 Å². The van der Waals surface area contributed by atoms with Gasteiger partial charge in [-0.25, -0.2) is 0 Å².